The van der Waals surface area contributed by atoms with Gasteiger partial charge >= 0.3 is 0 Å². The van der Waals surface area contributed by atoms with Crippen LogP contribution in [0, 0.1) is 5.82 Å². The number of hydrogen-bond donors (Lipinski definition) is 4. The lowest BCUT2D eigenvalue weighted by Crippen LogP contribution is -2.26. The summed E-state index contributed by atoms with van der Waals surface area (Å²) in [5.41, 5.74) is 6.78. The molecule has 0 aliphatic carbocycles. The minimum atomic E-state index is -1.41. The number of H-pyrrole nitrogens is 2. The predicted octanol–water partition coefficient (Wildman–Crippen LogP) is 5.08. The minimum absolute atomic E-state index is 0.299. The molecule has 9 heteroatoms. The highest BCUT2D eigenvalue weighted by Crippen LogP contribution is 2.34. The zero-order chi connectivity index (χ0) is 25.6. The number of imidazole rings is 1. The number of aromatic nitrogens is 5. The van der Waals surface area contributed by atoms with Gasteiger partial charge in [-0.3, -0.25) is 9.82 Å². The van der Waals surface area contributed by atoms with Crippen molar-refractivity contribution in [2.75, 3.05) is 19.3 Å². The van der Waals surface area contributed by atoms with Gasteiger partial charge in [-0.2, -0.15) is 14.5 Å². The van der Waals surface area contributed by atoms with Gasteiger partial charge in [-0.15, -0.1) is 0 Å². The molecule has 0 atom stereocenters. The van der Waals surface area contributed by atoms with Crippen LogP contribution in [0.5, 0.6) is 0 Å². The molecule has 0 bridgehead atoms. The van der Waals surface area contributed by atoms with E-state index in [1.807, 2.05) is 18.4 Å². The number of benzene rings is 2. The van der Waals surface area contributed by atoms with Crippen LogP contribution in [0.1, 0.15) is 29.9 Å². The average Bonchev–Trinajstić information content (AvgIpc) is 3.51. The molecule has 1 fully saturated rings. The van der Waals surface area contributed by atoms with Crippen molar-refractivity contribution in [1.29, 1.82) is 0 Å². The van der Waals surface area contributed by atoms with E-state index in [-0.39, 0.29) is 5.82 Å². The Hall–Kier alpha value is -3.53. The molecule has 190 valence electrons. The number of halogens is 1. The van der Waals surface area contributed by atoms with Crippen molar-refractivity contribution >= 4 is 43.2 Å². The van der Waals surface area contributed by atoms with Crippen LogP contribution < -0.4 is 10.0 Å². The van der Waals surface area contributed by atoms with E-state index in [4.69, 9.17) is 4.98 Å². The highest BCUT2D eigenvalue weighted by molar-refractivity contribution is 8.25. The molecule has 0 spiro atoms. The Bertz CT molecular complexity index is 1710. The number of nitrogens with zero attached hydrogens (tertiary/aromatic N) is 3. The molecule has 5 aromatic rings. The van der Waals surface area contributed by atoms with E-state index in [1.54, 1.807) is 6.20 Å². The van der Waals surface area contributed by atoms with Gasteiger partial charge in [0.25, 0.3) is 0 Å². The van der Waals surface area contributed by atoms with E-state index in [0.717, 1.165) is 64.7 Å². The maximum atomic E-state index is 14.6. The summed E-state index contributed by atoms with van der Waals surface area (Å²) in [4.78, 5) is 12.7. The number of fused-ring (bicyclic) bond motifs is 2. The van der Waals surface area contributed by atoms with Crippen molar-refractivity contribution in [3.63, 3.8) is 0 Å². The Balaban J connectivity index is 1.40. The van der Waals surface area contributed by atoms with Crippen molar-refractivity contribution < 1.29 is 4.39 Å². The van der Waals surface area contributed by atoms with Crippen molar-refractivity contribution in [2.24, 2.45) is 0 Å². The van der Waals surface area contributed by atoms with Crippen molar-refractivity contribution in [3.05, 3.63) is 65.6 Å². The molecule has 4 N–H and O–H groups in total. The first kappa shape index (κ1) is 23.8. The van der Waals surface area contributed by atoms with Gasteiger partial charge in [-0.05, 0) is 91.2 Å². The number of pyridine rings is 1. The molecule has 0 saturated carbocycles. The molecular weight excluding hydrogens is 485 g/mol. The van der Waals surface area contributed by atoms with Crippen molar-refractivity contribution in [1.82, 2.24) is 35.2 Å². The largest absolute Gasteiger partial charge is 0.335 e. The fourth-order valence-electron chi connectivity index (χ4n) is 5.05. The quantitative estimate of drug-likeness (QED) is 0.237. The van der Waals surface area contributed by atoms with Gasteiger partial charge in [0, 0.05) is 23.7 Å². The van der Waals surface area contributed by atoms with Crippen LogP contribution in [0.15, 0.2) is 48.7 Å². The molecule has 6 rings (SSSR count). The Morgan fingerprint density at radius 2 is 1.95 bits per heavy atom. The second-order valence-corrected chi connectivity index (χ2v) is 12.8. The van der Waals surface area contributed by atoms with Crippen LogP contribution in [-0.4, -0.2) is 56.2 Å². The molecule has 1 aliphatic rings. The molecule has 1 saturated heterocycles. The van der Waals surface area contributed by atoms with E-state index in [1.165, 1.54) is 17.7 Å². The van der Waals surface area contributed by atoms with Gasteiger partial charge in [0.05, 0.1) is 11.0 Å². The Labute approximate surface area is 215 Å². The number of rotatable bonds is 6. The summed E-state index contributed by atoms with van der Waals surface area (Å²) in [7, 11) is -1.41. The van der Waals surface area contributed by atoms with Gasteiger partial charge in [-0.25, -0.2) is 14.4 Å². The summed E-state index contributed by atoms with van der Waals surface area (Å²) < 4.78 is 17.9. The lowest BCUT2D eigenvalue weighted by atomic mass is 9.89. The van der Waals surface area contributed by atoms with Crippen LogP contribution >= 0.6 is 9.39 Å². The smallest absolute Gasteiger partial charge is 0.178 e. The first-order chi connectivity index (χ1) is 17.8. The average molecular weight is 516 g/mol. The predicted molar refractivity (Wildman–Crippen MR) is 154 cm³/mol. The second-order valence-electron chi connectivity index (χ2n) is 9.99. The van der Waals surface area contributed by atoms with Crippen LogP contribution in [0.4, 0.5) is 4.39 Å². The van der Waals surface area contributed by atoms with Crippen molar-refractivity contribution in [3.8, 4) is 22.6 Å². The lowest BCUT2D eigenvalue weighted by molar-refractivity contribution is 0.460. The maximum Gasteiger partial charge on any atom is 0.178 e. The third kappa shape index (κ3) is 4.90. The van der Waals surface area contributed by atoms with Gasteiger partial charge in [-0.1, -0.05) is 17.8 Å². The normalized spacial score (nSPS) is 15.1. The summed E-state index contributed by atoms with van der Waals surface area (Å²) in [6.07, 6.45) is 5.92. The number of piperidine rings is 1. The SMILES string of the molecule is C=S(=C)(C)NCc1cc(F)cc(-c2ccnc3nc(-c4n[nH]c5ccc(C6CCNCC6)cc45)[nH]c23)c1. The summed E-state index contributed by atoms with van der Waals surface area (Å²) in [5.74, 6) is 8.97. The summed E-state index contributed by atoms with van der Waals surface area (Å²) in [6.45, 7) is 2.58. The monoisotopic (exact) mass is 515 g/mol. The first-order valence-corrected chi connectivity index (χ1v) is 14.7. The number of aromatic amines is 2. The number of nitrogens with one attached hydrogen (secondary N) is 4. The highest BCUT2D eigenvalue weighted by atomic mass is 32.2. The van der Waals surface area contributed by atoms with Crippen LogP contribution in [0.3, 0.4) is 0 Å². The van der Waals surface area contributed by atoms with Crippen LogP contribution in [0.25, 0.3) is 44.7 Å². The van der Waals surface area contributed by atoms with Crippen LogP contribution in [0.2, 0.25) is 0 Å². The highest BCUT2D eigenvalue weighted by Gasteiger charge is 2.19. The van der Waals surface area contributed by atoms with Gasteiger partial charge < -0.3 is 10.3 Å². The molecule has 37 heavy (non-hydrogen) atoms. The van der Waals surface area contributed by atoms with Gasteiger partial charge in [0.1, 0.15) is 11.5 Å². The summed E-state index contributed by atoms with van der Waals surface area (Å²) in [5, 5.41) is 12.2. The van der Waals surface area contributed by atoms with Gasteiger partial charge in [0.15, 0.2) is 11.5 Å². The second kappa shape index (κ2) is 9.41. The van der Waals surface area contributed by atoms with E-state index in [2.05, 4.69) is 60.1 Å². The van der Waals surface area contributed by atoms with Crippen molar-refractivity contribution in [2.45, 2.75) is 25.3 Å². The molecule has 7 nitrogen and oxygen atoms in total. The van der Waals surface area contributed by atoms with Gasteiger partial charge in [0.2, 0.25) is 0 Å². The standard InChI is InChI=1S/C28H30FN7S/c1-37(2,3)32-16-17-12-20(14-21(29)13-17)22-8-11-31-27-25(22)33-28(34-27)26-23-15-19(4-5-24(23)35-36-26)18-6-9-30-10-7-18/h4-5,8,11-15,18,30,32H,1-2,6-7,9-10,16H2,3H3,(H,35,36)(H,31,33,34). The topological polar surface area (TPSA) is 94.3 Å². The van der Waals surface area contributed by atoms with E-state index < -0.39 is 9.39 Å². The summed E-state index contributed by atoms with van der Waals surface area (Å²) >= 11 is 0. The van der Waals surface area contributed by atoms with Crippen LogP contribution in [-0.2, 0) is 6.54 Å². The van der Waals surface area contributed by atoms with E-state index in [0.29, 0.717) is 23.9 Å². The molecular formula is C28H30FN7S. The molecule has 4 heterocycles. The molecule has 3 aromatic heterocycles. The zero-order valence-corrected chi connectivity index (χ0v) is 21.6. The Morgan fingerprint density at radius 3 is 2.76 bits per heavy atom. The fraction of sp³-hybridized carbons (Fsp3) is 0.250. The fourth-order valence-corrected chi connectivity index (χ4v) is 5.57. The third-order valence-corrected chi connectivity index (χ3v) is 7.75. The Kier molecular flexibility index (Phi) is 6.06. The molecule has 0 unspecified atom stereocenters. The molecule has 2 aromatic carbocycles. The van der Waals surface area contributed by atoms with E-state index >= 15 is 0 Å². The molecule has 0 radical (unpaired) electrons. The minimum Gasteiger partial charge on any atom is -0.335 e. The maximum absolute atomic E-state index is 14.6. The zero-order valence-electron chi connectivity index (χ0n) is 20.8. The van der Waals surface area contributed by atoms with E-state index in [9.17, 15) is 4.39 Å². The first-order valence-electron chi connectivity index (χ1n) is 12.4. The number of hydrogen-bond acceptors (Lipinski definition) is 5. The molecule has 1 aliphatic heterocycles. The Morgan fingerprint density at radius 1 is 1.11 bits per heavy atom. The lowest BCUT2D eigenvalue weighted by Gasteiger charge is -2.23. The third-order valence-electron chi connectivity index (χ3n) is 6.91. The summed E-state index contributed by atoms with van der Waals surface area (Å²) in [6, 6.07) is 13.5. The molecule has 0 amide bonds.